The average Bonchev–Trinajstić information content (AvgIpc) is 2.37. The maximum absolute atomic E-state index is 12.2. The Kier molecular flexibility index (Phi) is 5.83. The largest absolute Gasteiger partial charge is 0.508 e. The first-order valence-corrected chi connectivity index (χ1v) is 6.76. The summed E-state index contributed by atoms with van der Waals surface area (Å²) in [5.74, 6) is 0.646. The van der Waals surface area contributed by atoms with Gasteiger partial charge in [0, 0.05) is 13.1 Å². The van der Waals surface area contributed by atoms with Crippen LogP contribution in [0.25, 0.3) is 0 Å². The van der Waals surface area contributed by atoms with Gasteiger partial charge in [-0.05, 0) is 37.0 Å². The van der Waals surface area contributed by atoms with Crippen molar-refractivity contribution in [3.05, 3.63) is 29.8 Å². The number of benzene rings is 1. The summed E-state index contributed by atoms with van der Waals surface area (Å²) in [6, 6.07) is 6.28. The van der Waals surface area contributed by atoms with Crippen LogP contribution in [0.2, 0.25) is 0 Å². The number of hydrogen-bond donors (Lipinski definition) is 2. The molecule has 0 bridgehead atoms. The van der Waals surface area contributed by atoms with Gasteiger partial charge < -0.3 is 15.7 Å². The lowest BCUT2D eigenvalue weighted by molar-refractivity contribution is -0.132. The van der Waals surface area contributed by atoms with E-state index in [0.29, 0.717) is 18.9 Å². The molecule has 0 saturated heterocycles. The maximum atomic E-state index is 12.2. The van der Waals surface area contributed by atoms with E-state index in [1.807, 2.05) is 6.92 Å². The van der Waals surface area contributed by atoms with E-state index in [-0.39, 0.29) is 11.7 Å². The normalized spacial score (nSPS) is 12.5. The highest BCUT2D eigenvalue weighted by Gasteiger charge is 2.20. The number of nitrogens with zero attached hydrogens (tertiary/aromatic N) is 1. The summed E-state index contributed by atoms with van der Waals surface area (Å²) in [5.41, 5.74) is 6.94. The van der Waals surface area contributed by atoms with Gasteiger partial charge in [0.2, 0.25) is 5.91 Å². The highest BCUT2D eigenvalue weighted by molar-refractivity contribution is 5.82. The van der Waals surface area contributed by atoms with Crippen LogP contribution in [0.5, 0.6) is 5.75 Å². The molecule has 0 aliphatic carbocycles. The van der Waals surface area contributed by atoms with E-state index >= 15 is 0 Å². The molecule has 0 heterocycles. The Morgan fingerprint density at radius 1 is 1.32 bits per heavy atom. The summed E-state index contributed by atoms with van der Waals surface area (Å²) in [7, 11) is 0. The van der Waals surface area contributed by atoms with Gasteiger partial charge in [-0.15, -0.1) is 0 Å². The molecule has 0 saturated carbocycles. The lowest BCUT2D eigenvalue weighted by Crippen LogP contribution is -2.46. The zero-order valence-corrected chi connectivity index (χ0v) is 12.0. The van der Waals surface area contributed by atoms with Crippen molar-refractivity contribution in [1.29, 1.82) is 0 Å². The average molecular weight is 264 g/mol. The molecule has 0 radical (unpaired) electrons. The fraction of sp³-hybridized carbons (Fsp3) is 0.533. The maximum Gasteiger partial charge on any atom is 0.239 e. The first kappa shape index (κ1) is 15.5. The molecule has 1 aromatic carbocycles. The van der Waals surface area contributed by atoms with Crippen molar-refractivity contribution in [1.82, 2.24) is 4.90 Å². The molecule has 19 heavy (non-hydrogen) atoms. The lowest BCUT2D eigenvalue weighted by Gasteiger charge is -2.26. The topological polar surface area (TPSA) is 66.6 Å². The molecule has 3 N–H and O–H groups in total. The van der Waals surface area contributed by atoms with Gasteiger partial charge in [0.25, 0.3) is 0 Å². The predicted octanol–water partition coefficient (Wildman–Crippen LogP) is 1.77. The van der Waals surface area contributed by atoms with Crippen LogP contribution in [0, 0.1) is 5.92 Å². The molecule has 1 atom stereocenters. The molecule has 0 spiro atoms. The smallest absolute Gasteiger partial charge is 0.239 e. The van der Waals surface area contributed by atoms with Crippen molar-refractivity contribution in [2.45, 2.75) is 33.2 Å². The van der Waals surface area contributed by atoms with Crippen molar-refractivity contribution >= 4 is 5.91 Å². The third kappa shape index (κ3) is 4.91. The second kappa shape index (κ2) is 7.14. The van der Waals surface area contributed by atoms with Crippen molar-refractivity contribution in [2.24, 2.45) is 11.7 Å². The zero-order chi connectivity index (χ0) is 14.4. The Labute approximate surface area is 115 Å². The minimum absolute atomic E-state index is 0.00993. The molecule has 0 aliphatic heterocycles. The molecule has 1 aromatic rings. The van der Waals surface area contributed by atoms with E-state index in [9.17, 15) is 9.90 Å². The number of aromatic hydroxyl groups is 1. The minimum Gasteiger partial charge on any atom is -0.508 e. The second-order valence-electron chi connectivity index (χ2n) is 5.25. The number of carbonyl (C=O) groups excluding carboxylic acids is 1. The highest BCUT2D eigenvalue weighted by Crippen LogP contribution is 2.12. The number of hydrogen-bond acceptors (Lipinski definition) is 3. The van der Waals surface area contributed by atoms with Crippen LogP contribution < -0.4 is 5.73 Å². The Hall–Kier alpha value is -1.55. The quantitative estimate of drug-likeness (QED) is 0.823. The van der Waals surface area contributed by atoms with Gasteiger partial charge in [-0.2, -0.15) is 0 Å². The van der Waals surface area contributed by atoms with Crippen LogP contribution in [-0.2, 0) is 11.2 Å². The van der Waals surface area contributed by atoms with Gasteiger partial charge in [-0.25, -0.2) is 0 Å². The van der Waals surface area contributed by atoms with Crippen LogP contribution in [0.15, 0.2) is 24.3 Å². The fourth-order valence-corrected chi connectivity index (χ4v) is 2.02. The molecule has 0 aromatic heterocycles. The first-order chi connectivity index (χ1) is 8.93. The summed E-state index contributed by atoms with van der Waals surface area (Å²) >= 11 is 0. The van der Waals surface area contributed by atoms with E-state index in [1.165, 1.54) is 0 Å². The van der Waals surface area contributed by atoms with Crippen molar-refractivity contribution in [3.8, 4) is 5.75 Å². The highest BCUT2D eigenvalue weighted by atomic mass is 16.3. The summed E-state index contributed by atoms with van der Waals surface area (Å²) in [5, 5.41) is 9.22. The molecule has 0 unspecified atom stereocenters. The number of phenolic OH excluding ortho intramolecular Hbond substituents is 1. The molecular formula is C15H24N2O2. The van der Waals surface area contributed by atoms with Gasteiger partial charge in [-0.3, -0.25) is 4.79 Å². The Bertz CT molecular complexity index is 401. The van der Waals surface area contributed by atoms with Crippen LogP contribution >= 0.6 is 0 Å². The Morgan fingerprint density at radius 2 is 1.89 bits per heavy atom. The summed E-state index contributed by atoms with van der Waals surface area (Å²) in [4.78, 5) is 14.0. The predicted molar refractivity (Wildman–Crippen MR) is 76.9 cm³/mol. The lowest BCUT2D eigenvalue weighted by atomic mass is 10.0. The van der Waals surface area contributed by atoms with Crippen molar-refractivity contribution in [3.63, 3.8) is 0 Å². The monoisotopic (exact) mass is 264 g/mol. The number of carbonyl (C=O) groups is 1. The number of rotatable bonds is 6. The van der Waals surface area contributed by atoms with E-state index in [4.69, 9.17) is 5.73 Å². The Morgan fingerprint density at radius 3 is 2.37 bits per heavy atom. The van der Waals surface area contributed by atoms with Gasteiger partial charge in [-0.1, -0.05) is 26.0 Å². The fourth-order valence-electron chi connectivity index (χ4n) is 2.02. The SMILES string of the molecule is CCN(CC(C)C)C(=O)[C@H](N)Cc1ccc(O)cc1. The van der Waals surface area contributed by atoms with E-state index in [2.05, 4.69) is 13.8 Å². The van der Waals surface area contributed by atoms with E-state index < -0.39 is 6.04 Å². The third-order valence-corrected chi connectivity index (χ3v) is 2.99. The summed E-state index contributed by atoms with van der Waals surface area (Å²) in [6.45, 7) is 7.55. The number of likely N-dealkylation sites (N-methyl/N-ethyl adjacent to an activating group) is 1. The van der Waals surface area contributed by atoms with Crippen molar-refractivity contribution < 1.29 is 9.90 Å². The standard InChI is InChI=1S/C15H24N2O2/c1-4-17(10-11(2)3)15(19)14(16)9-12-5-7-13(18)8-6-12/h5-8,11,14,18H,4,9-10,16H2,1-3H3/t14-/m1/s1. The Balaban J connectivity index is 2.63. The molecule has 106 valence electrons. The van der Waals surface area contributed by atoms with Crippen LogP contribution in [-0.4, -0.2) is 35.0 Å². The van der Waals surface area contributed by atoms with Crippen LogP contribution in [0.3, 0.4) is 0 Å². The van der Waals surface area contributed by atoms with Gasteiger partial charge >= 0.3 is 0 Å². The molecule has 1 amide bonds. The molecule has 1 rings (SSSR count). The first-order valence-electron chi connectivity index (χ1n) is 6.76. The van der Waals surface area contributed by atoms with E-state index in [0.717, 1.165) is 12.1 Å². The van der Waals surface area contributed by atoms with E-state index in [1.54, 1.807) is 29.2 Å². The number of amides is 1. The summed E-state index contributed by atoms with van der Waals surface area (Å²) in [6.07, 6.45) is 0.494. The number of phenols is 1. The summed E-state index contributed by atoms with van der Waals surface area (Å²) < 4.78 is 0. The molecule has 4 nitrogen and oxygen atoms in total. The zero-order valence-electron chi connectivity index (χ0n) is 12.0. The number of nitrogens with two attached hydrogens (primary N) is 1. The van der Waals surface area contributed by atoms with Crippen molar-refractivity contribution in [2.75, 3.05) is 13.1 Å². The van der Waals surface area contributed by atoms with Gasteiger partial charge in [0.15, 0.2) is 0 Å². The third-order valence-electron chi connectivity index (χ3n) is 2.99. The van der Waals surface area contributed by atoms with Crippen LogP contribution in [0.4, 0.5) is 0 Å². The van der Waals surface area contributed by atoms with Crippen LogP contribution in [0.1, 0.15) is 26.3 Å². The molecular weight excluding hydrogens is 240 g/mol. The molecule has 4 heteroatoms. The molecule has 0 aliphatic rings. The minimum atomic E-state index is -0.525. The van der Waals surface area contributed by atoms with Gasteiger partial charge in [0.1, 0.15) is 5.75 Å². The van der Waals surface area contributed by atoms with Gasteiger partial charge in [0.05, 0.1) is 6.04 Å². The second-order valence-corrected chi connectivity index (χ2v) is 5.25. The molecule has 0 fully saturated rings.